The molecule has 6 heteroatoms. The van der Waals surface area contributed by atoms with E-state index in [1.807, 2.05) is 50.2 Å². The third kappa shape index (κ3) is 3.54. The highest BCUT2D eigenvalue weighted by Crippen LogP contribution is 2.19. The van der Waals surface area contributed by atoms with Crippen molar-refractivity contribution in [3.05, 3.63) is 82.0 Å². The number of amides is 1. The maximum atomic E-state index is 12.7. The van der Waals surface area contributed by atoms with E-state index >= 15 is 0 Å². The number of carbonyl (C=O) groups is 1. The number of benzene rings is 1. The smallest absolute Gasteiger partial charge is 0.264 e. The van der Waals surface area contributed by atoms with Crippen LogP contribution in [-0.4, -0.2) is 32.8 Å². The molecule has 1 aromatic carbocycles. The maximum absolute atomic E-state index is 12.7. The zero-order chi connectivity index (χ0) is 18.7. The van der Waals surface area contributed by atoms with Crippen LogP contribution in [0.5, 0.6) is 0 Å². The molecule has 1 atom stereocenters. The molecule has 3 aromatic rings. The fourth-order valence-electron chi connectivity index (χ4n) is 2.62. The molecule has 2 heterocycles. The summed E-state index contributed by atoms with van der Waals surface area (Å²) in [6.07, 6.45) is 4.72. The zero-order valence-corrected chi connectivity index (χ0v) is 14.9. The Bertz CT molecular complexity index is 965. The fraction of sp³-hybridized carbons (Fsp3) is 0.200. The lowest BCUT2D eigenvalue weighted by Crippen LogP contribution is -2.34. The molecule has 0 spiro atoms. The Balaban J connectivity index is 1.86. The monoisotopic (exact) mass is 348 g/mol. The number of aryl methyl sites for hydroxylation is 1. The summed E-state index contributed by atoms with van der Waals surface area (Å²) >= 11 is 0. The van der Waals surface area contributed by atoms with Gasteiger partial charge in [0.15, 0.2) is 0 Å². The third-order valence-electron chi connectivity index (χ3n) is 4.42. The van der Waals surface area contributed by atoms with Gasteiger partial charge in [0.1, 0.15) is 11.4 Å². The van der Waals surface area contributed by atoms with E-state index in [0.717, 1.165) is 16.7 Å². The highest BCUT2D eigenvalue weighted by molar-refractivity contribution is 5.93. The summed E-state index contributed by atoms with van der Waals surface area (Å²) in [6.45, 7) is 3.87. The average molecular weight is 348 g/mol. The van der Waals surface area contributed by atoms with Crippen molar-refractivity contribution < 1.29 is 4.79 Å². The maximum Gasteiger partial charge on any atom is 0.264 e. The lowest BCUT2D eigenvalue weighted by atomic mass is 10.1. The van der Waals surface area contributed by atoms with Gasteiger partial charge in [-0.3, -0.25) is 14.6 Å². The molecular formula is C20H20N4O2. The van der Waals surface area contributed by atoms with E-state index in [9.17, 15) is 9.59 Å². The van der Waals surface area contributed by atoms with Gasteiger partial charge in [0.2, 0.25) is 0 Å². The highest BCUT2D eigenvalue weighted by Gasteiger charge is 2.22. The molecule has 0 bridgehead atoms. The van der Waals surface area contributed by atoms with Crippen LogP contribution in [-0.2, 0) is 0 Å². The minimum absolute atomic E-state index is 0.0131. The van der Waals surface area contributed by atoms with Gasteiger partial charge in [0, 0.05) is 31.2 Å². The number of hydrogen-bond acceptors (Lipinski definition) is 4. The summed E-state index contributed by atoms with van der Waals surface area (Å²) in [5.41, 5.74) is 2.37. The first-order chi connectivity index (χ1) is 12.5. The molecule has 0 fully saturated rings. The Labute approximate surface area is 151 Å². The van der Waals surface area contributed by atoms with Crippen LogP contribution < -0.4 is 5.56 Å². The predicted octanol–water partition coefficient (Wildman–Crippen LogP) is 2.97. The number of hydrogen-bond donors (Lipinski definition) is 1. The molecule has 3 rings (SSSR count). The van der Waals surface area contributed by atoms with E-state index < -0.39 is 5.56 Å². The molecule has 26 heavy (non-hydrogen) atoms. The van der Waals surface area contributed by atoms with Crippen molar-refractivity contribution in [1.82, 2.24) is 19.9 Å². The van der Waals surface area contributed by atoms with Crippen LogP contribution in [0.3, 0.4) is 0 Å². The Morgan fingerprint density at radius 3 is 2.50 bits per heavy atom. The van der Waals surface area contributed by atoms with Crippen molar-refractivity contribution in [3.63, 3.8) is 0 Å². The predicted molar refractivity (Wildman–Crippen MR) is 99.8 cm³/mol. The summed E-state index contributed by atoms with van der Waals surface area (Å²) in [5, 5.41) is 0. The summed E-state index contributed by atoms with van der Waals surface area (Å²) < 4.78 is 0. The second-order valence-corrected chi connectivity index (χ2v) is 6.22. The van der Waals surface area contributed by atoms with Crippen LogP contribution in [0.25, 0.3) is 11.4 Å². The first-order valence-electron chi connectivity index (χ1n) is 8.31. The van der Waals surface area contributed by atoms with Crippen molar-refractivity contribution in [2.75, 3.05) is 7.05 Å². The number of rotatable bonds is 4. The van der Waals surface area contributed by atoms with Crippen molar-refractivity contribution in [2.45, 2.75) is 19.9 Å². The van der Waals surface area contributed by atoms with Crippen molar-refractivity contribution in [1.29, 1.82) is 0 Å². The first kappa shape index (κ1) is 17.5. The first-order valence-corrected chi connectivity index (χ1v) is 8.31. The van der Waals surface area contributed by atoms with Gasteiger partial charge >= 0.3 is 0 Å². The molecule has 132 valence electrons. The van der Waals surface area contributed by atoms with Gasteiger partial charge in [0.05, 0.1) is 6.04 Å². The molecule has 0 saturated heterocycles. The minimum atomic E-state index is -0.453. The number of pyridine rings is 1. The normalized spacial score (nSPS) is 11.8. The van der Waals surface area contributed by atoms with E-state index in [2.05, 4.69) is 15.0 Å². The molecule has 0 saturated carbocycles. The molecule has 0 radical (unpaired) electrons. The molecule has 0 aliphatic rings. The van der Waals surface area contributed by atoms with E-state index in [4.69, 9.17) is 0 Å². The summed E-state index contributed by atoms with van der Waals surface area (Å²) in [7, 11) is 1.66. The van der Waals surface area contributed by atoms with Gasteiger partial charge in [-0.25, -0.2) is 4.98 Å². The van der Waals surface area contributed by atoms with Crippen LogP contribution in [0.1, 0.15) is 34.5 Å². The van der Waals surface area contributed by atoms with Crippen molar-refractivity contribution in [2.24, 2.45) is 0 Å². The van der Waals surface area contributed by atoms with Crippen molar-refractivity contribution in [3.8, 4) is 11.4 Å². The van der Waals surface area contributed by atoms with Gasteiger partial charge in [0.25, 0.3) is 11.5 Å². The molecule has 1 unspecified atom stereocenters. The summed E-state index contributed by atoms with van der Waals surface area (Å²) in [4.78, 5) is 37.7. The number of aromatic amines is 1. The molecular weight excluding hydrogens is 328 g/mol. The standard InChI is InChI=1S/C20H20N4O2/c1-13-6-8-15(9-7-13)18-22-12-17(19(25)23-18)20(26)24(3)14(2)16-5-4-10-21-11-16/h4-12,14H,1-3H3,(H,22,23,25). The average Bonchev–Trinajstić information content (AvgIpc) is 2.67. The molecule has 1 amide bonds. The van der Waals surface area contributed by atoms with Gasteiger partial charge in [-0.1, -0.05) is 35.9 Å². The van der Waals surface area contributed by atoms with Crippen LogP contribution >= 0.6 is 0 Å². The number of aromatic nitrogens is 3. The summed E-state index contributed by atoms with van der Waals surface area (Å²) in [5.74, 6) is 0.0556. The zero-order valence-electron chi connectivity index (χ0n) is 14.9. The van der Waals surface area contributed by atoms with Gasteiger partial charge in [-0.15, -0.1) is 0 Å². The fourth-order valence-corrected chi connectivity index (χ4v) is 2.62. The lowest BCUT2D eigenvalue weighted by molar-refractivity contribution is 0.0740. The molecule has 2 aromatic heterocycles. The second-order valence-electron chi connectivity index (χ2n) is 6.22. The Kier molecular flexibility index (Phi) is 4.93. The van der Waals surface area contributed by atoms with Gasteiger partial charge in [-0.05, 0) is 25.5 Å². The Morgan fingerprint density at radius 1 is 1.15 bits per heavy atom. The summed E-state index contributed by atoms with van der Waals surface area (Å²) in [6, 6.07) is 11.1. The SMILES string of the molecule is Cc1ccc(-c2ncc(C(=O)N(C)C(C)c3cccnc3)c(=O)[nH]2)cc1. The topological polar surface area (TPSA) is 79.0 Å². The quantitative estimate of drug-likeness (QED) is 0.786. The second kappa shape index (κ2) is 7.31. The number of carbonyl (C=O) groups excluding carboxylic acids is 1. The van der Waals surface area contributed by atoms with Gasteiger partial charge < -0.3 is 9.88 Å². The number of nitrogens with one attached hydrogen (secondary N) is 1. The minimum Gasteiger partial charge on any atom is -0.335 e. The molecule has 6 nitrogen and oxygen atoms in total. The molecule has 0 aliphatic heterocycles. The van der Waals surface area contributed by atoms with E-state index in [1.165, 1.54) is 11.1 Å². The van der Waals surface area contributed by atoms with E-state index in [-0.39, 0.29) is 17.5 Å². The van der Waals surface area contributed by atoms with E-state index in [1.54, 1.807) is 19.4 Å². The largest absolute Gasteiger partial charge is 0.335 e. The number of H-pyrrole nitrogens is 1. The lowest BCUT2D eigenvalue weighted by Gasteiger charge is -2.24. The van der Waals surface area contributed by atoms with Crippen LogP contribution in [0.2, 0.25) is 0 Å². The van der Waals surface area contributed by atoms with E-state index in [0.29, 0.717) is 5.82 Å². The molecule has 1 N–H and O–H groups in total. The van der Waals surface area contributed by atoms with Crippen LogP contribution in [0.4, 0.5) is 0 Å². The molecule has 0 aliphatic carbocycles. The Morgan fingerprint density at radius 2 is 1.88 bits per heavy atom. The van der Waals surface area contributed by atoms with Crippen LogP contribution in [0.15, 0.2) is 59.8 Å². The number of nitrogens with zero attached hydrogens (tertiary/aromatic N) is 3. The third-order valence-corrected chi connectivity index (χ3v) is 4.42. The van der Waals surface area contributed by atoms with Gasteiger partial charge in [-0.2, -0.15) is 0 Å². The van der Waals surface area contributed by atoms with Crippen molar-refractivity contribution >= 4 is 5.91 Å². The Hall–Kier alpha value is -3.28. The van der Waals surface area contributed by atoms with Crippen LogP contribution in [0, 0.1) is 6.92 Å². The highest BCUT2D eigenvalue weighted by atomic mass is 16.2.